The van der Waals surface area contributed by atoms with Crippen LogP contribution in [0.4, 0.5) is 17.8 Å². The number of aromatic nitrogens is 12. The van der Waals surface area contributed by atoms with Crippen LogP contribution in [-0.4, -0.2) is 179 Å². The number of fused-ring (bicyclic) bond motifs is 15. The van der Waals surface area contributed by atoms with Crippen LogP contribution in [0.5, 0.6) is 0 Å². The molecule has 1 atom stereocenters. The monoisotopic (exact) mass is 1150 g/mol. The molecule has 12 aromatic rings. The standard InChI is InChI=1S/C21H23N7O.C20H23N7O.C18H19N7O.ClH/c1-22-20(29)15-11-13-12-23-21(24-14-7-9-27(2)10-8-14)26-18(13)28-17-6-4-3-5-16(17)25-19(15)28;1-21-19(28)14-11-13-12-23-20(22-9-10-27(2,3)4)25-17(13)26-16-8-6-5-7-15(16)24-18(14)26;1-10(19)8-21-18-22-9-11-7-12(17(26)20-2)16-23-13-5-3-4-6-14(13)25(16)15(11)24-18;/h3-6,11-12,14H,7-10H2,1-2H3,(H,22,29)(H,23,24,26);5-8,11-12H,9-10H2,1-4H3,(H-,21,22,23,24,25,28);3-7,9-10H,8,19H2,1-2H3,(H,20,26)(H,21,22,24);1H/t;;10-;/m..1./s1. The van der Waals surface area contributed by atoms with Crippen molar-refractivity contribution in [2.45, 2.75) is 31.8 Å². The van der Waals surface area contributed by atoms with Crippen molar-refractivity contribution in [3.05, 3.63) is 126 Å². The Morgan fingerprint density at radius 1 is 0.560 bits per heavy atom. The quantitative estimate of drug-likeness (QED) is 0.0866. The Morgan fingerprint density at radius 3 is 1.31 bits per heavy atom. The van der Waals surface area contributed by atoms with Gasteiger partial charge in [0, 0.05) is 74.5 Å². The number of nitrogens with zero attached hydrogens (tertiary/aromatic N) is 14. The molecule has 3 amide bonds. The zero-order valence-electron chi connectivity index (χ0n) is 47.9. The van der Waals surface area contributed by atoms with E-state index >= 15 is 0 Å². The Balaban J connectivity index is 0.000000140. The Kier molecular flexibility index (Phi) is 16.6. The molecule has 1 aliphatic heterocycles. The minimum Gasteiger partial charge on any atom is -1.00 e. The number of carbonyl (C=O) groups excluding carboxylic acids is 3. The molecule has 0 radical (unpaired) electrons. The highest BCUT2D eigenvalue weighted by Crippen LogP contribution is 2.29. The van der Waals surface area contributed by atoms with Crippen LogP contribution in [0.15, 0.2) is 110 Å². The maximum absolute atomic E-state index is 12.5. The molecule has 1 saturated heterocycles. The van der Waals surface area contributed by atoms with E-state index in [0.717, 1.165) is 104 Å². The fraction of sp³-hybridized carbons (Fsp3) is 0.288. The van der Waals surface area contributed by atoms with E-state index in [1.165, 1.54) is 0 Å². The van der Waals surface area contributed by atoms with Gasteiger partial charge in [-0.3, -0.25) is 27.6 Å². The van der Waals surface area contributed by atoms with Crippen LogP contribution in [0.2, 0.25) is 0 Å². The van der Waals surface area contributed by atoms with Crippen LogP contribution >= 0.6 is 0 Å². The van der Waals surface area contributed by atoms with Gasteiger partial charge < -0.3 is 59.4 Å². The fourth-order valence-corrected chi connectivity index (χ4v) is 10.1. The zero-order chi connectivity index (χ0) is 58.1. The molecular formula is C59H66ClN21O3. The average Bonchev–Trinajstić information content (AvgIpc) is 1.73. The first-order valence-corrected chi connectivity index (χ1v) is 27.5. The summed E-state index contributed by atoms with van der Waals surface area (Å²) in [4.78, 5) is 81.1. The first kappa shape index (κ1) is 57.7. The van der Waals surface area contributed by atoms with Crippen molar-refractivity contribution in [2.24, 2.45) is 5.73 Å². The molecule has 0 aliphatic carbocycles. The maximum Gasteiger partial charge on any atom is 0.254 e. The normalized spacial score (nSPS) is 13.4. The summed E-state index contributed by atoms with van der Waals surface area (Å²) >= 11 is 0. The van der Waals surface area contributed by atoms with Crippen LogP contribution in [0.25, 0.3) is 83.1 Å². The number of halogens is 1. The van der Waals surface area contributed by atoms with Gasteiger partial charge in [0.15, 0.2) is 33.9 Å². The van der Waals surface area contributed by atoms with Crippen molar-refractivity contribution in [3.8, 4) is 0 Å². The molecule has 3 aromatic carbocycles. The van der Waals surface area contributed by atoms with E-state index < -0.39 is 0 Å². The number of para-hydroxylation sites is 6. The smallest absolute Gasteiger partial charge is 0.254 e. The number of carbonyl (C=O) groups is 3. The number of hydrogen-bond donors (Lipinski definition) is 7. The number of quaternary nitrogens is 1. The number of piperidine rings is 1. The van der Waals surface area contributed by atoms with Crippen molar-refractivity contribution >= 4 is 119 Å². The Labute approximate surface area is 488 Å². The number of hydrogen-bond acceptors (Lipinski definition) is 17. The lowest BCUT2D eigenvalue weighted by Gasteiger charge is -2.29. The van der Waals surface area contributed by atoms with Crippen LogP contribution in [-0.2, 0) is 0 Å². The minimum atomic E-state index is -0.202. The number of amides is 3. The van der Waals surface area contributed by atoms with Gasteiger partial charge >= 0.3 is 0 Å². The van der Waals surface area contributed by atoms with Gasteiger partial charge in [0.05, 0.1) is 84.0 Å². The molecule has 1 aliphatic rings. The lowest BCUT2D eigenvalue weighted by Crippen LogP contribution is -3.00. The topological polar surface area (TPSA) is 282 Å². The van der Waals surface area contributed by atoms with Crippen LogP contribution in [0.3, 0.4) is 0 Å². The van der Waals surface area contributed by atoms with Gasteiger partial charge in [-0.2, -0.15) is 15.0 Å². The van der Waals surface area contributed by atoms with Crippen molar-refractivity contribution < 1.29 is 31.3 Å². The molecule has 0 bridgehead atoms. The summed E-state index contributed by atoms with van der Waals surface area (Å²) < 4.78 is 6.64. The number of nitrogens with one attached hydrogen (secondary N) is 6. The number of rotatable bonds is 12. The molecule has 10 heterocycles. The maximum atomic E-state index is 12.5. The number of likely N-dealkylation sites (N-methyl/N-ethyl adjacent to an activating group) is 1. The molecule has 9 aromatic heterocycles. The lowest BCUT2D eigenvalue weighted by atomic mass is 10.1. The van der Waals surface area contributed by atoms with Gasteiger partial charge in [0.2, 0.25) is 17.8 Å². The van der Waals surface area contributed by atoms with Crippen molar-refractivity contribution in [1.82, 2.24) is 78.9 Å². The third-order valence-corrected chi connectivity index (χ3v) is 14.4. The molecule has 25 heteroatoms. The third kappa shape index (κ3) is 11.6. The van der Waals surface area contributed by atoms with E-state index in [2.05, 4.69) is 94.9 Å². The highest BCUT2D eigenvalue weighted by atomic mass is 35.5. The van der Waals surface area contributed by atoms with Crippen molar-refractivity contribution in [2.75, 3.05) is 98.0 Å². The van der Waals surface area contributed by atoms with Gasteiger partial charge in [0.1, 0.15) is 0 Å². The molecule has 13 rings (SSSR count). The average molecular weight is 1150 g/mol. The number of imidazole rings is 3. The van der Waals surface area contributed by atoms with E-state index in [0.29, 0.717) is 69.7 Å². The minimum absolute atomic E-state index is 0. The van der Waals surface area contributed by atoms with Gasteiger partial charge in [0.25, 0.3) is 17.7 Å². The number of likely N-dealkylation sites (tertiary alicyclic amines) is 1. The summed E-state index contributed by atoms with van der Waals surface area (Å²) in [6.07, 6.45) is 7.36. The SMILES string of the molecule is CNC(=O)c1cc2cnc(NC3CCN(C)CC3)nc2n2c1nc1ccccc12.CNC(=O)c1cc2cnc(NCC[N+](C)(C)C)nc2n2c1nc1ccccc12.CNC(=O)c1cc2cnc(NC[C@@H](C)N)nc2n2c1nc1ccccc12.[Cl-]. The molecule has 0 unspecified atom stereocenters. The van der Waals surface area contributed by atoms with E-state index in [1.807, 2.05) is 99.0 Å². The molecular weight excluding hydrogens is 1090 g/mol. The van der Waals surface area contributed by atoms with Crippen LogP contribution < -0.4 is 50.0 Å². The number of anilines is 3. The van der Waals surface area contributed by atoms with Gasteiger partial charge in [-0.1, -0.05) is 36.4 Å². The van der Waals surface area contributed by atoms with E-state index in [1.54, 1.807) is 51.9 Å². The molecule has 0 saturated carbocycles. The van der Waals surface area contributed by atoms with E-state index in [4.69, 9.17) is 20.7 Å². The highest BCUT2D eigenvalue weighted by Gasteiger charge is 2.23. The van der Waals surface area contributed by atoms with Crippen LogP contribution in [0.1, 0.15) is 50.8 Å². The van der Waals surface area contributed by atoms with Crippen LogP contribution in [0, 0.1) is 0 Å². The molecule has 84 heavy (non-hydrogen) atoms. The Morgan fingerprint density at radius 2 is 0.929 bits per heavy atom. The summed E-state index contributed by atoms with van der Waals surface area (Å²) in [5.74, 6) is 1.09. The summed E-state index contributed by atoms with van der Waals surface area (Å²) in [7, 11) is 13.4. The predicted molar refractivity (Wildman–Crippen MR) is 325 cm³/mol. The van der Waals surface area contributed by atoms with Gasteiger partial charge in [-0.05, 0) is 94.5 Å². The second kappa shape index (κ2) is 24.1. The molecule has 432 valence electrons. The van der Waals surface area contributed by atoms with Gasteiger partial charge in [-0.25, -0.2) is 29.9 Å². The molecule has 8 N–H and O–H groups in total. The van der Waals surface area contributed by atoms with Crippen molar-refractivity contribution in [3.63, 3.8) is 0 Å². The second-order valence-corrected chi connectivity index (χ2v) is 21.6. The Bertz CT molecular complexity index is 4450. The summed E-state index contributed by atoms with van der Waals surface area (Å²) in [6.45, 7) is 6.31. The van der Waals surface area contributed by atoms with E-state index in [-0.39, 0.29) is 36.2 Å². The first-order valence-electron chi connectivity index (χ1n) is 27.5. The predicted octanol–water partition coefficient (Wildman–Crippen LogP) is 2.76. The summed E-state index contributed by atoms with van der Waals surface area (Å²) in [5, 5.41) is 20.3. The summed E-state index contributed by atoms with van der Waals surface area (Å²) in [5.41, 5.74) is 16.3. The Hall–Kier alpha value is -9.49. The molecule has 0 spiro atoms. The fourth-order valence-electron chi connectivity index (χ4n) is 10.1. The van der Waals surface area contributed by atoms with Gasteiger partial charge in [-0.15, -0.1) is 0 Å². The second-order valence-electron chi connectivity index (χ2n) is 21.6. The molecule has 24 nitrogen and oxygen atoms in total. The largest absolute Gasteiger partial charge is 1.00 e. The first-order chi connectivity index (χ1) is 40.1. The highest BCUT2D eigenvalue weighted by molar-refractivity contribution is 6.07. The summed E-state index contributed by atoms with van der Waals surface area (Å²) in [6, 6.07) is 29.1. The third-order valence-electron chi connectivity index (χ3n) is 14.4. The van der Waals surface area contributed by atoms with Crippen molar-refractivity contribution in [1.29, 1.82) is 0 Å². The number of benzene rings is 3. The number of pyridine rings is 3. The molecule has 1 fully saturated rings. The van der Waals surface area contributed by atoms with E-state index in [9.17, 15) is 14.4 Å². The zero-order valence-corrected chi connectivity index (χ0v) is 48.7. The lowest BCUT2D eigenvalue weighted by molar-refractivity contribution is -0.868. The number of nitrogens with two attached hydrogens (primary N) is 1.